The molecule has 1 fully saturated rings. The average molecular weight is 347 g/mol. The molecule has 132 valence electrons. The normalized spacial score (nSPS) is 33.8. The van der Waals surface area contributed by atoms with E-state index in [2.05, 4.69) is 39.9 Å². The highest BCUT2D eigenvalue weighted by Crippen LogP contribution is 2.55. The van der Waals surface area contributed by atoms with Crippen LogP contribution in [0, 0.1) is 11.3 Å². The summed E-state index contributed by atoms with van der Waals surface area (Å²) in [7, 11) is -1.96. The predicted molar refractivity (Wildman–Crippen MR) is 98.3 cm³/mol. The summed E-state index contributed by atoms with van der Waals surface area (Å²) in [6.07, 6.45) is 9.42. The van der Waals surface area contributed by atoms with Gasteiger partial charge in [0.05, 0.1) is 6.10 Å². The molecule has 0 unspecified atom stereocenters. The number of allylic oxidation sites excluding steroid dienone is 2. The van der Waals surface area contributed by atoms with Crippen LogP contribution in [0.15, 0.2) is 23.8 Å². The van der Waals surface area contributed by atoms with Gasteiger partial charge in [-0.05, 0) is 49.5 Å². The molecule has 3 aliphatic rings. The second-order valence-corrected chi connectivity index (χ2v) is 14.1. The molecular formula is C20H30O3Si. The van der Waals surface area contributed by atoms with E-state index in [1.165, 1.54) is 5.57 Å². The maximum atomic E-state index is 12.4. The van der Waals surface area contributed by atoms with Gasteiger partial charge in [0, 0.05) is 24.2 Å². The molecule has 0 aromatic rings. The third-order valence-electron chi connectivity index (χ3n) is 6.72. The van der Waals surface area contributed by atoms with Crippen molar-refractivity contribution in [3.63, 3.8) is 0 Å². The fourth-order valence-corrected chi connectivity index (χ4v) is 5.63. The van der Waals surface area contributed by atoms with Gasteiger partial charge >= 0.3 is 0 Å². The number of hydrogen-bond donors (Lipinski definition) is 0. The third kappa shape index (κ3) is 2.88. The standard InChI is InChI=1S/C20H30O3Si/c1-19(2,3)24(4,5)23-18-14-6-8-15-12-16(21)10-11-20(15,18)13-17(22)9-7-14/h7,9,12,14,18H,6,8,10-11,13H2,1-5H3/t14-,18-,20-/m1/s1. The monoisotopic (exact) mass is 346 g/mol. The molecule has 0 aliphatic heterocycles. The summed E-state index contributed by atoms with van der Waals surface area (Å²) < 4.78 is 6.92. The zero-order valence-corrected chi connectivity index (χ0v) is 16.6. The van der Waals surface area contributed by atoms with Crippen LogP contribution in [-0.4, -0.2) is 26.0 Å². The van der Waals surface area contributed by atoms with Crippen molar-refractivity contribution in [3.05, 3.63) is 23.8 Å². The molecule has 4 heteroatoms. The molecule has 0 aromatic carbocycles. The van der Waals surface area contributed by atoms with E-state index in [-0.39, 0.29) is 34.0 Å². The number of hydrogen-bond acceptors (Lipinski definition) is 3. The molecule has 0 N–H and O–H groups in total. The fourth-order valence-electron chi connectivity index (χ4n) is 4.24. The summed E-state index contributed by atoms with van der Waals surface area (Å²) in [6.45, 7) is 11.3. The largest absolute Gasteiger partial charge is 0.412 e. The third-order valence-corrected chi connectivity index (χ3v) is 11.2. The first-order valence-electron chi connectivity index (χ1n) is 9.18. The fraction of sp³-hybridized carbons (Fsp3) is 0.700. The molecule has 0 aromatic heterocycles. The van der Waals surface area contributed by atoms with Crippen molar-refractivity contribution in [3.8, 4) is 0 Å². The Labute approximate surface area is 146 Å². The SMILES string of the molecule is CC(C)(C)[Si](C)(C)O[C@@H]1[C@H]2C=CC(=O)C[C@@]13CCC(=O)C=C3CC2. The summed E-state index contributed by atoms with van der Waals surface area (Å²) >= 11 is 0. The Hall–Kier alpha value is -1.00. The van der Waals surface area contributed by atoms with Crippen LogP contribution in [0.1, 0.15) is 52.9 Å². The van der Waals surface area contributed by atoms with E-state index < -0.39 is 8.32 Å². The topological polar surface area (TPSA) is 43.4 Å². The van der Waals surface area contributed by atoms with Gasteiger partial charge in [-0.3, -0.25) is 9.59 Å². The molecule has 3 nitrogen and oxygen atoms in total. The van der Waals surface area contributed by atoms with Gasteiger partial charge < -0.3 is 4.43 Å². The number of fused-ring (bicyclic) bond motifs is 1. The van der Waals surface area contributed by atoms with Crippen molar-refractivity contribution >= 4 is 19.9 Å². The first-order valence-corrected chi connectivity index (χ1v) is 12.1. The molecule has 1 saturated carbocycles. The van der Waals surface area contributed by atoms with E-state index in [9.17, 15) is 9.59 Å². The highest BCUT2D eigenvalue weighted by Gasteiger charge is 2.54. The number of ketones is 2. The summed E-state index contributed by atoms with van der Waals surface area (Å²) in [4.78, 5) is 24.4. The van der Waals surface area contributed by atoms with Gasteiger partial charge in [0.15, 0.2) is 19.9 Å². The highest BCUT2D eigenvalue weighted by molar-refractivity contribution is 6.74. The van der Waals surface area contributed by atoms with Crippen LogP contribution in [-0.2, 0) is 14.0 Å². The molecule has 24 heavy (non-hydrogen) atoms. The van der Waals surface area contributed by atoms with Gasteiger partial charge in [0.25, 0.3) is 0 Å². The van der Waals surface area contributed by atoms with E-state index in [1.54, 1.807) is 6.08 Å². The van der Waals surface area contributed by atoms with Crippen LogP contribution in [0.3, 0.4) is 0 Å². The van der Waals surface area contributed by atoms with Crippen molar-refractivity contribution in [2.45, 2.75) is 77.1 Å². The quantitative estimate of drug-likeness (QED) is 0.687. The second-order valence-electron chi connectivity index (χ2n) is 9.30. The minimum absolute atomic E-state index is 0.0363. The smallest absolute Gasteiger partial charge is 0.192 e. The van der Waals surface area contributed by atoms with Crippen LogP contribution in [0.5, 0.6) is 0 Å². The average Bonchev–Trinajstić information content (AvgIpc) is 2.53. The van der Waals surface area contributed by atoms with Crippen molar-refractivity contribution in [2.24, 2.45) is 11.3 Å². The van der Waals surface area contributed by atoms with Gasteiger partial charge in [-0.1, -0.05) is 32.4 Å². The molecule has 0 amide bonds. The minimum Gasteiger partial charge on any atom is -0.412 e. The first-order chi connectivity index (χ1) is 11.1. The van der Waals surface area contributed by atoms with Crippen LogP contribution in [0.2, 0.25) is 18.1 Å². The molecule has 1 spiro atoms. The molecular weight excluding hydrogens is 316 g/mol. The summed E-state index contributed by atoms with van der Waals surface area (Å²) in [5.41, 5.74) is 0.920. The summed E-state index contributed by atoms with van der Waals surface area (Å²) in [5.74, 6) is 0.684. The van der Waals surface area contributed by atoms with Crippen molar-refractivity contribution in [1.82, 2.24) is 0 Å². The molecule has 3 rings (SSSR count). The zero-order chi connectivity index (χ0) is 17.8. The van der Waals surface area contributed by atoms with E-state index in [1.807, 2.05) is 6.08 Å². The van der Waals surface area contributed by atoms with E-state index >= 15 is 0 Å². The molecule has 0 heterocycles. The Morgan fingerprint density at radius 3 is 2.54 bits per heavy atom. The lowest BCUT2D eigenvalue weighted by atomic mass is 9.59. The van der Waals surface area contributed by atoms with Crippen molar-refractivity contribution in [2.75, 3.05) is 0 Å². The molecule has 0 radical (unpaired) electrons. The minimum atomic E-state index is -1.96. The highest BCUT2D eigenvalue weighted by atomic mass is 28.4. The zero-order valence-electron chi connectivity index (χ0n) is 15.6. The Kier molecular flexibility index (Phi) is 4.28. The van der Waals surface area contributed by atoms with Crippen LogP contribution in [0.4, 0.5) is 0 Å². The molecule has 2 bridgehead atoms. The predicted octanol–water partition coefficient (Wildman–Crippen LogP) is 4.59. The number of rotatable bonds is 2. The molecule has 3 atom stereocenters. The van der Waals surface area contributed by atoms with Crippen molar-refractivity contribution < 1.29 is 14.0 Å². The van der Waals surface area contributed by atoms with Gasteiger partial charge in [-0.25, -0.2) is 0 Å². The lowest BCUT2D eigenvalue weighted by molar-refractivity contribution is -0.122. The number of carbonyl (C=O) groups excluding carboxylic acids is 2. The molecule has 0 saturated heterocycles. The Morgan fingerprint density at radius 1 is 1.17 bits per heavy atom. The lowest BCUT2D eigenvalue weighted by Gasteiger charge is -2.53. The van der Waals surface area contributed by atoms with Crippen molar-refractivity contribution in [1.29, 1.82) is 0 Å². The lowest BCUT2D eigenvalue weighted by Crippen LogP contribution is -2.55. The van der Waals surface area contributed by atoms with Gasteiger partial charge in [-0.2, -0.15) is 0 Å². The second kappa shape index (κ2) is 5.77. The van der Waals surface area contributed by atoms with Gasteiger partial charge in [0.2, 0.25) is 0 Å². The Balaban J connectivity index is 2.05. The summed E-state index contributed by atoms with van der Waals surface area (Å²) in [5, 5.41) is 0.131. The maximum Gasteiger partial charge on any atom is 0.192 e. The van der Waals surface area contributed by atoms with Gasteiger partial charge in [0.1, 0.15) is 0 Å². The van der Waals surface area contributed by atoms with Gasteiger partial charge in [-0.15, -0.1) is 0 Å². The summed E-state index contributed by atoms with van der Waals surface area (Å²) in [6, 6.07) is 0. The number of carbonyl (C=O) groups is 2. The van der Waals surface area contributed by atoms with Crippen LogP contribution < -0.4 is 0 Å². The van der Waals surface area contributed by atoms with Crippen LogP contribution >= 0.6 is 0 Å². The Morgan fingerprint density at radius 2 is 1.88 bits per heavy atom. The molecule has 3 aliphatic carbocycles. The maximum absolute atomic E-state index is 12.4. The van der Waals surface area contributed by atoms with Crippen LogP contribution in [0.25, 0.3) is 0 Å². The van der Waals surface area contributed by atoms with E-state index in [4.69, 9.17) is 4.43 Å². The van der Waals surface area contributed by atoms with E-state index in [0.29, 0.717) is 12.8 Å². The first kappa shape index (κ1) is 17.8. The Bertz CT molecular complexity index is 623. The van der Waals surface area contributed by atoms with E-state index in [0.717, 1.165) is 19.3 Å².